The zero-order valence-corrected chi connectivity index (χ0v) is 17.0. The standard InChI is InChI=1S/C18H32N4O6/c1-11(2)9-12-15(18(26)21-27)28-10-14(23)22(4)8-6-5-7-13(17(25)19-3)20-16(12)24/h11-13,15,27H,5-10H2,1-4H3,(H,19,25)(H,20,24)(H,21,26)/t12-,13+,15+/m1/s1. The molecule has 0 saturated carbocycles. The van der Waals surface area contributed by atoms with Crippen LogP contribution in [0.25, 0.3) is 0 Å². The molecule has 1 aliphatic heterocycles. The highest BCUT2D eigenvalue weighted by Crippen LogP contribution is 2.20. The van der Waals surface area contributed by atoms with Crippen molar-refractivity contribution in [1.82, 2.24) is 21.0 Å². The number of likely N-dealkylation sites (N-methyl/N-ethyl adjacent to an activating group) is 2. The minimum absolute atomic E-state index is 0.0286. The smallest absolute Gasteiger partial charge is 0.273 e. The molecule has 1 rings (SSSR count). The minimum Gasteiger partial charge on any atom is -0.358 e. The Bertz CT molecular complexity index is 568. The quantitative estimate of drug-likeness (QED) is 0.368. The van der Waals surface area contributed by atoms with Crippen LogP contribution in [0.2, 0.25) is 0 Å². The fraction of sp³-hybridized carbons (Fsp3) is 0.778. The lowest BCUT2D eigenvalue weighted by Crippen LogP contribution is -2.52. The highest BCUT2D eigenvalue weighted by atomic mass is 16.5. The fourth-order valence-electron chi connectivity index (χ4n) is 3.13. The summed E-state index contributed by atoms with van der Waals surface area (Å²) in [7, 11) is 3.11. The van der Waals surface area contributed by atoms with Gasteiger partial charge in [0.05, 0.1) is 5.92 Å². The van der Waals surface area contributed by atoms with E-state index in [2.05, 4.69) is 10.6 Å². The summed E-state index contributed by atoms with van der Waals surface area (Å²) >= 11 is 0. The van der Waals surface area contributed by atoms with E-state index in [9.17, 15) is 19.2 Å². The summed E-state index contributed by atoms with van der Waals surface area (Å²) in [5, 5.41) is 14.3. The molecule has 3 atom stereocenters. The Hall–Kier alpha value is -2.20. The Morgan fingerprint density at radius 2 is 1.96 bits per heavy atom. The lowest BCUT2D eigenvalue weighted by molar-refractivity contribution is -0.156. The predicted octanol–water partition coefficient (Wildman–Crippen LogP) is -0.588. The minimum atomic E-state index is -1.36. The topological polar surface area (TPSA) is 137 Å². The molecule has 0 aromatic rings. The molecule has 0 radical (unpaired) electrons. The normalized spacial score (nSPS) is 25.2. The van der Waals surface area contributed by atoms with E-state index in [0.29, 0.717) is 25.8 Å². The van der Waals surface area contributed by atoms with Gasteiger partial charge in [-0.1, -0.05) is 13.8 Å². The zero-order valence-electron chi connectivity index (χ0n) is 17.0. The number of carbonyl (C=O) groups is 4. The Morgan fingerprint density at radius 1 is 1.29 bits per heavy atom. The molecule has 0 spiro atoms. The van der Waals surface area contributed by atoms with Gasteiger partial charge >= 0.3 is 0 Å². The van der Waals surface area contributed by atoms with E-state index in [1.807, 2.05) is 13.8 Å². The summed E-state index contributed by atoms with van der Waals surface area (Å²) in [6.07, 6.45) is 0.595. The van der Waals surface area contributed by atoms with Crippen LogP contribution in [0.1, 0.15) is 39.5 Å². The van der Waals surface area contributed by atoms with Crippen molar-refractivity contribution >= 4 is 23.6 Å². The number of ether oxygens (including phenoxy) is 1. The number of nitrogens with zero attached hydrogens (tertiary/aromatic N) is 1. The zero-order chi connectivity index (χ0) is 21.3. The van der Waals surface area contributed by atoms with Gasteiger partial charge in [0.2, 0.25) is 17.7 Å². The molecule has 1 saturated heterocycles. The SMILES string of the molecule is CNC(=O)[C@@H]1CCCCN(C)C(=O)CO[C@H](C(=O)NO)[C@@H](CC(C)C)C(=O)N1. The van der Waals surface area contributed by atoms with Crippen molar-refractivity contribution in [3.63, 3.8) is 0 Å². The average Bonchev–Trinajstić information content (AvgIpc) is 2.67. The third-order valence-corrected chi connectivity index (χ3v) is 4.72. The van der Waals surface area contributed by atoms with Gasteiger partial charge in [-0.05, 0) is 31.6 Å². The largest absolute Gasteiger partial charge is 0.358 e. The Morgan fingerprint density at radius 3 is 2.54 bits per heavy atom. The molecule has 4 amide bonds. The second kappa shape index (κ2) is 11.6. The van der Waals surface area contributed by atoms with Gasteiger partial charge in [-0.2, -0.15) is 0 Å². The summed E-state index contributed by atoms with van der Waals surface area (Å²) in [6.45, 7) is 3.81. The highest BCUT2D eigenvalue weighted by Gasteiger charge is 2.37. The van der Waals surface area contributed by atoms with E-state index in [0.717, 1.165) is 0 Å². The van der Waals surface area contributed by atoms with Crippen LogP contribution in [0.3, 0.4) is 0 Å². The number of hydrogen-bond donors (Lipinski definition) is 4. The first-order chi connectivity index (χ1) is 13.2. The van der Waals surface area contributed by atoms with Gasteiger partial charge in [0.15, 0.2) is 6.10 Å². The number of amides is 4. The van der Waals surface area contributed by atoms with Crippen LogP contribution in [-0.4, -0.2) is 73.1 Å². The first-order valence-electron chi connectivity index (χ1n) is 9.52. The first-order valence-corrected chi connectivity index (χ1v) is 9.52. The number of hydroxylamine groups is 1. The van der Waals surface area contributed by atoms with E-state index < -0.39 is 36.5 Å². The molecule has 0 aliphatic carbocycles. The lowest BCUT2D eigenvalue weighted by Gasteiger charge is -2.28. The monoisotopic (exact) mass is 400 g/mol. The van der Waals surface area contributed by atoms with Gasteiger partial charge in [-0.3, -0.25) is 24.4 Å². The Kier molecular flexibility index (Phi) is 9.88. The predicted molar refractivity (Wildman–Crippen MR) is 100 cm³/mol. The van der Waals surface area contributed by atoms with Gasteiger partial charge in [0.1, 0.15) is 12.6 Å². The summed E-state index contributed by atoms with van der Waals surface area (Å²) in [6, 6.07) is -0.758. The van der Waals surface area contributed by atoms with Gasteiger partial charge < -0.3 is 20.3 Å². The molecule has 0 aromatic carbocycles. The second-order valence-electron chi connectivity index (χ2n) is 7.43. The Balaban J connectivity index is 3.21. The summed E-state index contributed by atoms with van der Waals surface area (Å²) in [5.74, 6) is -3.06. The number of rotatable bonds is 4. The van der Waals surface area contributed by atoms with Crippen molar-refractivity contribution in [2.75, 3.05) is 27.2 Å². The van der Waals surface area contributed by atoms with E-state index in [-0.39, 0.29) is 24.2 Å². The second-order valence-corrected chi connectivity index (χ2v) is 7.43. The van der Waals surface area contributed by atoms with Crippen LogP contribution in [0.5, 0.6) is 0 Å². The van der Waals surface area contributed by atoms with Crippen molar-refractivity contribution in [3.05, 3.63) is 0 Å². The van der Waals surface area contributed by atoms with Gasteiger partial charge in [-0.15, -0.1) is 0 Å². The maximum Gasteiger partial charge on any atom is 0.273 e. The molecule has 0 bridgehead atoms. The van der Waals surface area contributed by atoms with Crippen LogP contribution in [0.4, 0.5) is 0 Å². The van der Waals surface area contributed by atoms with E-state index in [4.69, 9.17) is 9.94 Å². The average molecular weight is 400 g/mol. The van der Waals surface area contributed by atoms with Crippen molar-refractivity contribution in [2.45, 2.75) is 51.7 Å². The van der Waals surface area contributed by atoms with Crippen molar-refractivity contribution < 1.29 is 29.1 Å². The molecule has 1 heterocycles. The van der Waals surface area contributed by atoms with Crippen LogP contribution < -0.4 is 16.1 Å². The first kappa shape index (κ1) is 23.8. The molecule has 0 unspecified atom stereocenters. The van der Waals surface area contributed by atoms with Crippen molar-refractivity contribution in [3.8, 4) is 0 Å². The number of hydrogen-bond acceptors (Lipinski definition) is 6. The Labute approximate surface area is 165 Å². The van der Waals surface area contributed by atoms with Crippen molar-refractivity contribution in [2.24, 2.45) is 11.8 Å². The molecular formula is C18H32N4O6. The molecule has 10 heteroatoms. The summed E-state index contributed by atoms with van der Waals surface area (Å²) in [4.78, 5) is 51.0. The molecular weight excluding hydrogens is 368 g/mol. The molecule has 28 heavy (non-hydrogen) atoms. The lowest BCUT2D eigenvalue weighted by atomic mass is 9.90. The molecule has 10 nitrogen and oxygen atoms in total. The maximum atomic E-state index is 12.9. The molecule has 1 fully saturated rings. The third kappa shape index (κ3) is 7.08. The molecule has 1 aliphatic rings. The fourth-order valence-corrected chi connectivity index (χ4v) is 3.13. The molecule has 160 valence electrons. The van der Waals surface area contributed by atoms with Crippen LogP contribution in [0, 0.1) is 11.8 Å². The molecule has 4 N–H and O–H groups in total. The summed E-state index contributed by atoms with van der Waals surface area (Å²) < 4.78 is 5.47. The van der Waals surface area contributed by atoms with Gasteiger partial charge in [0.25, 0.3) is 5.91 Å². The molecule has 0 aromatic heterocycles. The maximum absolute atomic E-state index is 12.9. The van der Waals surface area contributed by atoms with Gasteiger partial charge in [0, 0.05) is 20.6 Å². The van der Waals surface area contributed by atoms with E-state index in [1.165, 1.54) is 17.4 Å². The summed E-state index contributed by atoms with van der Waals surface area (Å²) in [5.41, 5.74) is 1.51. The van der Waals surface area contributed by atoms with Crippen LogP contribution >= 0.6 is 0 Å². The van der Waals surface area contributed by atoms with Crippen molar-refractivity contribution in [1.29, 1.82) is 0 Å². The van der Waals surface area contributed by atoms with Crippen LogP contribution in [-0.2, 0) is 23.9 Å². The van der Waals surface area contributed by atoms with Crippen LogP contribution in [0.15, 0.2) is 0 Å². The van der Waals surface area contributed by atoms with E-state index >= 15 is 0 Å². The number of nitrogens with one attached hydrogen (secondary N) is 3. The van der Waals surface area contributed by atoms with Gasteiger partial charge in [-0.25, -0.2) is 5.48 Å². The number of carbonyl (C=O) groups excluding carboxylic acids is 4. The van der Waals surface area contributed by atoms with E-state index in [1.54, 1.807) is 7.05 Å². The highest BCUT2D eigenvalue weighted by molar-refractivity contribution is 5.92. The third-order valence-electron chi connectivity index (χ3n) is 4.72.